The first-order valence-electron chi connectivity index (χ1n) is 5.87. The van der Waals surface area contributed by atoms with E-state index in [0.717, 1.165) is 19.3 Å². The Kier molecular flexibility index (Phi) is 3.19. The molecule has 1 aliphatic rings. The Morgan fingerprint density at radius 2 is 2.29 bits per heavy atom. The van der Waals surface area contributed by atoms with Crippen LogP contribution in [-0.2, 0) is 17.6 Å². The van der Waals surface area contributed by atoms with E-state index in [-0.39, 0.29) is 11.4 Å². The quantitative estimate of drug-likeness (QED) is 0.851. The Bertz CT molecular complexity index is 415. The maximum absolute atomic E-state index is 10.9. The van der Waals surface area contributed by atoms with E-state index in [1.165, 1.54) is 0 Å². The predicted molar refractivity (Wildman–Crippen MR) is 60.1 cm³/mol. The third-order valence-electron chi connectivity index (χ3n) is 3.44. The third kappa shape index (κ3) is 2.20. The highest BCUT2D eigenvalue weighted by Crippen LogP contribution is 2.38. The summed E-state index contributed by atoms with van der Waals surface area (Å²) in [5.74, 6) is -0.616. The zero-order valence-corrected chi connectivity index (χ0v) is 10.2. The summed E-state index contributed by atoms with van der Waals surface area (Å²) in [6, 6.07) is 0. The van der Waals surface area contributed by atoms with Gasteiger partial charge in [0.2, 0.25) is 5.76 Å². The Hall–Kier alpha value is -1.36. The van der Waals surface area contributed by atoms with Crippen molar-refractivity contribution in [3.05, 3.63) is 17.3 Å². The maximum atomic E-state index is 10.9. The lowest BCUT2D eigenvalue weighted by Crippen LogP contribution is -2.41. The summed E-state index contributed by atoms with van der Waals surface area (Å²) in [7, 11) is 1.68. The van der Waals surface area contributed by atoms with Gasteiger partial charge in [-0.1, -0.05) is 6.92 Å². The lowest BCUT2D eigenvalue weighted by molar-refractivity contribution is -0.0746. The molecule has 0 aromatic carbocycles. The zero-order chi connectivity index (χ0) is 12.5. The molecular formula is C12H17NO4. The molecule has 94 valence electrons. The van der Waals surface area contributed by atoms with Crippen LogP contribution in [0, 0.1) is 0 Å². The van der Waals surface area contributed by atoms with E-state index >= 15 is 0 Å². The molecule has 1 heterocycles. The van der Waals surface area contributed by atoms with Crippen LogP contribution in [0.4, 0.5) is 0 Å². The number of aromatic nitrogens is 1. The predicted octanol–water partition coefficient (Wildman–Crippen LogP) is 2.05. The number of oxazole rings is 1. The maximum Gasteiger partial charge on any atom is 0.373 e. The van der Waals surface area contributed by atoms with Gasteiger partial charge in [0.05, 0.1) is 17.7 Å². The normalized spacial score (nSPS) is 17.8. The molecule has 0 bridgehead atoms. The Labute approximate surface area is 99.8 Å². The number of aryl methyl sites for hydroxylation is 1. The fraction of sp³-hybridized carbons (Fsp3) is 0.667. The molecule has 5 nitrogen and oxygen atoms in total. The molecule has 0 saturated heterocycles. The van der Waals surface area contributed by atoms with Crippen LogP contribution >= 0.6 is 0 Å². The summed E-state index contributed by atoms with van der Waals surface area (Å²) in [4.78, 5) is 15.2. The lowest BCUT2D eigenvalue weighted by Gasteiger charge is -2.39. The number of carbonyl (C=O) groups is 1. The van der Waals surface area contributed by atoms with Crippen molar-refractivity contribution in [2.75, 3.05) is 7.11 Å². The minimum absolute atomic E-state index is 0.0342. The van der Waals surface area contributed by atoms with E-state index in [9.17, 15) is 4.79 Å². The van der Waals surface area contributed by atoms with E-state index in [4.69, 9.17) is 14.3 Å². The van der Waals surface area contributed by atoms with Gasteiger partial charge in [0, 0.05) is 7.11 Å². The first kappa shape index (κ1) is 12.1. The van der Waals surface area contributed by atoms with Crippen LogP contribution in [0.3, 0.4) is 0 Å². The number of methoxy groups -OCH3 is 1. The molecule has 0 atom stereocenters. The van der Waals surface area contributed by atoms with Crippen molar-refractivity contribution in [2.45, 2.75) is 44.6 Å². The van der Waals surface area contributed by atoms with Gasteiger partial charge in [-0.15, -0.1) is 0 Å². The molecule has 1 aliphatic carbocycles. The van der Waals surface area contributed by atoms with Gasteiger partial charge in [-0.25, -0.2) is 9.78 Å². The van der Waals surface area contributed by atoms with E-state index < -0.39 is 5.97 Å². The smallest absolute Gasteiger partial charge is 0.373 e. The van der Waals surface area contributed by atoms with Crippen LogP contribution in [0.15, 0.2) is 4.42 Å². The van der Waals surface area contributed by atoms with Crippen LogP contribution in [0.25, 0.3) is 0 Å². The number of nitrogens with zero attached hydrogens (tertiary/aromatic N) is 1. The SMILES string of the molecule is CCc1nc(CC2(OC)CCC2)oc1C(=O)O. The summed E-state index contributed by atoms with van der Waals surface area (Å²) in [5.41, 5.74) is 0.323. The average molecular weight is 239 g/mol. The van der Waals surface area contributed by atoms with Crippen molar-refractivity contribution in [1.82, 2.24) is 4.98 Å². The monoisotopic (exact) mass is 239 g/mol. The standard InChI is InChI=1S/C12H17NO4/c1-3-8-10(11(14)15)17-9(13-8)7-12(16-2)5-4-6-12/h3-7H2,1-2H3,(H,14,15). The van der Waals surface area contributed by atoms with Gasteiger partial charge in [0.15, 0.2) is 5.89 Å². The summed E-state index contributed by atoms with van der Waals surface area (Å²) in [6.07, 6.45) is 4.22. The highest BCUT2D eigenvalue weighted by Gasteiger charge is 2.39. The van der Waals surface area contributed by atoms with Gasteiger partial charge in [-0.2, -0.15) is 0 Å². The molecule has 0 aliphatic heterocycles. The second-order valence-electron chi connectivity index (χ2n) is 4.46. The van der Waals surface area contributed by atoms with Gasteiger partial charge in [-0.05, 0) is 25.7 Å². The van der Waals surface area contributed by atoms with Crippen LogP contribution < -0.4 is 0 Å². The van der Waals surface area contributed by atoms with Gasteiger partial charge in [-0.3, -0.25) is 0 Å². The van der Waals surface area contributed by atoms with Crippen LogP contribution in [0.5, 0.6) is 0 Å². The number of hydrogen-bond donors (Lipinski definition) is 1. The Morgan fingerprint density at radius 3 is 2.65 bits per heavy atom. The molecule has 5 heteroatoms. The average Bonchev–Trinajstić information content (AvgIpc) is 2.66. The summed E-state index contributed by atoms with van der Waals surface area (Å²) >= 11 is 0. The molecule has 1 saturated carbocycles. The Balaban J connectivity index is 2.19. The molecule has 0 amide bonds. The van der Waals surface area contributed by atoms with Crippen molar-refractivity contribution < 1.29 is 19.1 Å². The van der Waals surface area contributed by atoms with Crippen molar-refractivity contribution >= 4 is 5.97 Å². The summed E-state index contributed by atoms with van der Waals surface area (Å²) < 4.78 is 10.8. The van der Waals surface area contributed by atoms with Crippen molar-refractivity contribution in [3.63, 3.8) is 0 Å². The van der Waals surface area contributed by atoms with E-state index in [1.54, 1.807) is 7.11 Å². The first-order chi connectivity index (χ1) is 8.10. The van der Waals surface area contributed by atoms with E-state index in [2.05, 4.69) is 4.98 Å². The number of carboxylic acid groups (broad SMARTS) is 1. The number of hydrogen-bond acceptors (Lipinski definition) is 4. The van der Waals surface area contributed by atoms with Crippen LogP contribution in [0.2, 0.25) is 0 Å². The van der Waals surface area contributed by atoms with E-state index in [1.807, 2.05) is 6.92 Å². The fourth-order valence-corrected chi connectivity index (χ4v) is 2.18. The molecule has 1 aromatic rings. The molecule has 0 spiro atoms. The highest BCUT2D eigenvalue weighted by molar-refractivity contribution is 5.85. The second-order valence-corrected chi connectivity index (χ2v) is 4.46. The molecule has 2 rings (SSSR count). The van der Waals surface area contributed by atoms with Gasteiger partial charge >= 0.3 is 5.97 Å². The molecule has 1 aromatic heterocycles. The van der Waals surface area contributed by atoms with E-state index in [0.29, 0.717) is 24.4 Å². The minimum Gasteiger partial charge on any atom is -0.475 e. The molecule has 0 unspecified atom stereocenters. The summed E-state index contributed by atoms with van der Waals surface area (Å²) in [5, 5.41) is 8.97. The molecule has 1 N–H and O–H groups in total. The fourth-order valence-electron chi connectivity index (χ4n) is 2.18. The molecule has 0 radical (unpaired) electrons. The number of aromatic carboxylic acids is 1. The van der Waals surface area contributed by atoms with Gasteiger partial charge in [0.25, 0.3) is 0 Å². The van der Waals surface area contributed by atoms with Crippen LogP contribution in [0.1, 0.15) is 48.3 Å². The van der Waals surface area contributed by atoms with Crippen molar-refractivity contribution in [2.24, 2.45) is 0 Å². The minimum atomic E-state index is -1.05. The van der Waals surface area contributed by atoms with Gasteiger partial charge < -0.3 is 14.3 Å². The highest BCUT2D eigenvalue weighted by atomic mass is 16.5. The first-order valence-corrected chi connectivity index (χ1v) is 5.87. The number of ether oxygens (including phenoxy) is 1. The molecular weight excluding hydrogens is 222 g/mol. The van der Waals surface area contributed by atoms with Gasteiger partial charge in [0.1, 0.15) is 0 Å². The molecule has 1 fully saturated rings. The number of rotatable bonds is 5. The zero-order valence-electron chi connectivity index (χ0n) is 10.2. The van der Waals surface area contributed by atoms with Crippen LogP contribution in [-0.4, -0.2) is 28.8 Å². The second kappa shape index (κ2) is 4.49. The topological polar surface area (TPSA) is 72.6 Å². The third-order valence-corrected chi connectivity index (χ3v) is 3.44. The molecule has 17 heavy (non-hydrogen) atoms. The lowest BCUT2D eigenvalue weighted by atomic mass is 9.77. The Morgan fingerprint density at radius 1 is 1.59 bits per heavy atom. The van der Waals surface area contributed by atoms with Crippen molar-refractivity contribution in [3.8, 4) is 0 Å². The number of carboxylic acids is 1. The summed E-state index contributed by atoms with van der Waals surface area (Å²) in [6.45, 7) is 1.86. The van der Waals surface area contributed by atoms with Crippen molar-refractivity contribution in [1.29, 1.82) is 0 Å². The largest absolute Gasteiger partial charge is 0.475 e.